The highest BCUT2D eigenvalue weighted by molar-refractivity contribution is 7.80. The molecule has 0 unspecified atom stereocenters. The minimum atomic E-state index is -0.384. The number of nitrogens with zero attached hydrogens (tertiary/aromatic N) is 1. The smallest absolute Gasteiger partial charge is 0.318 e. The van der Waals surface area contributed by atoms with E-state index in [1.165, 1.54) is 0 Å². The van der Waals surface area contributed by atoms with Gasteiger partial charge >= 0.3 is 5.69 Å². The highest BCUT2D eigenvalue weighted by Gasteiger charge is 2.36. The summed E-state index contributed by atoms with van der Waals surface area (Å²) in [5.74, 6) is 0.957. The largest absolute Gasteiger partial charge is 0.491 e. The number of rotatable bonds is 1. The van der Waals surface area contributed by atoms with Crippen molar-refractivity contribution in [2.24, 2.45) is 0 Å². The Hall–Kier alpha value is -1.43. The Morgan fingerprint density at radius 3 is 2.44 bits per heavy atom. The summed E-state index contributed by atoms with van der Waals surface area (Å²) in [6, 6.07) is 0. The van der Waals surface area contributed by atoms with Gasteiger partial charge in [0.25, 0.3) is 0 Å². The summed E-state index contributed by atoms with van der Waals surface area (Å²) in [7, 11) is 0. The number of fused-ring (bicyclic) bond motifs is 2. The molecule has 84 valence electrons. The zero-order valence-corrected chi connectivity index (χ0v) is 9.25. The monoisotopic (exact) mass is 239 g/mol. The van der Waals surface area contributed by atoms with Crippen LogP contribution in [-0.4, -0.2) is 18.1 Å². The van der Waals surface area contributed by atoms with Crippen LogP contribution in [0.2, 0.25) is 0 Å². The Morgan fingerprint density at radius 2 is 1.75 bits per heavy atom. The van der Waals surface area contributed by atoms with Gasteiger partial charge in [-0.25, -0.2) is 0 Å². The average Bonchev–Trinajstić information content (AvgIpc) is 2.84. The molecule has 0 atom stereocenters. The molecule has 2 aliphatic rings. The van der Waals surface area contributed by atoms with E-state index in [1.807, 2.05) is 0 Å². The summed E-state index contributed by atoms with van der Waals surface area (Å²) in [5.41, 5.74) is 1.49. The minimum absolute atomic E-state index is 0.0674. The van der Waals surface area contributed by atoms with E-state index in [9.17, 15) is 10.1 Å². The van der Waals surface area contributed by atoms with Crippen LogP contribution in [0.5, 0.6) is 11.5 Å². The van der Waals surface area contributed by atoms with E-state index in [2.05, 4.69) is 12.6 Å². The Morgan fingerprint density at radius 1 is 1.12 bits per heavy atom. The second-order valence-corrected chi connectivity index (χ2v) is 4.21. The first-order chi connectivity index (χ1) is 7.70. The lowest BCUT2D eigenvalue weighted by Gasteiger charge is -2.08. The van der Waals surface area contributed by atoms with Crippen LogP contribution in [0.15, 0.2) is 4.90 Å². The van der Waals surface area contributed by atoms with Gasteiger partial charge in [-0.3, -0.25) is 10.1 Å². The van der Waals surface area contributed by atoms with Crippen LogP contribution in [0.1, 0.15) is 11.1 Å². The van der Waals surface area contributed by atoms with Crippen molar-refractivity contribution in [1.82, 2.24) is 0 Å². The zero-order chi connectivity index (χ0) is 11.3. The highest BCUT2D eigenvalue weighted by atomic mass is 32.1. The lowest BCUT2D eigenvalue weighted by molar-refractivity contribution is -0.386. The van der Waals surface area contributed by atoms with Crippen molar-refractivity contribution in [3.63, 3.8) is 0 Å². The fourth-order valence-corrected chi connectivity index (χ4v) is 2.67. The number of hydrogen-bond donors (Lipinski definition) is 1. The molecule has 0 fully saturated rings. The Labute approximate surface area is 96.9 Å². The van der Waals surface area contributed by atoms with Crippen molar-refractivity contribution in [2.45, 2.75) is 17.7 Å². The van der Waals surface area contributed by atoms with Gasteiger partial charge in [-0.05, 0) is 0 Å². The lowest BCUT2D eigenvalue weighted by Crippen LogP contribution is -1.98. The third kappa shape index (κ3) is 1.13. The summed E-state index contributed by atoms with van der Waals surface area (Å²) in [6.07, 6.45) is 1.21. The standard InChI is InChI=1S/C10H9NO4S/c12-11(13)7-5-1-3-15-9(5)10(16)6-2-4-14-8(6)7/h16H,1-4H2. The minimum Gasteiger partial charge on any atom is -0.491 e. The number of ether oxygens (including phenoxy) is 2. The number of nitro groups is 1. The lowest BCUT2D eigenvalue weighted by atomic mass is 10.0. The van der Waals surface area contributed by atoms with E-state index in [4.69, 9.17) is 9.47 Å². The second kappa shape index (κ2) is 3.28. The number of nitro benzene ring substituents is 1. The van der Waals surface area contributed by atoms with Crippen molar-refractivity contribution < 1.29 is 14.4 Å². The second-order valence-electron chi connectivity index (χ2n) is 3.77. The fourth-order valence-electron chi connectivity index (χ4n) is 2.25. The molecule has 1 aromatic carbocycles. The molecule has 0 radical (unpaired) electrons. The van der Waals surface area contributed by atoms with Gasteiger partial charge in [0, 0.05) is 18.4 Å². The third-order valence-corrected chi connectivity index (χ3v) is 3.40. The molecule has 0 saturated heterocycles. The van der Waals surface area contributed by atoms with E-state index >= 15 is 0 Å². The van der Waals surface area contributed by atoms with Crippen LogP contribution < -0.4 is 9.47 Å². The van der Waals surface area contributed by atoms with Crippen molar-refractivity contribution >= 4 is 18.3 Å². The molecule has 1 aromatic rings. The molecule has 0 spiro atoms. The van der Waals surface area contributed by atoms with E-state index in [0.717, 1.165) is 5.56 Å². The Bertz CT molecular complexity index is 465. The van der Waals surface area contributed by atoms with Crippen molar-refractivity contribution in [3.05, 3.63) is 21.2 Å². The first kappa shape index (κ1) is 9.77. The zero-order valence-electron chi connectivity index (χ0n) is 8.36. The highest BCUT2D eigenvalue weighted by Crippen LogP contribution is 2.49. The quantitative estimate of drug-likeness (QED) is 0.461. The molecule has 0 aromatic heterocycles. The summed E-state index contributed by atoms with van der Waals surface area (Å²) in [6.45, 7) is 0.958. The maximum absolute atomic E-state index is 11.1. The molecule has 2 aliphatic heterocycles. The van der Waals surface area contributed by atoms with E-state index in [0.29, 0.717) is 48.0 Å². The summed E-state index contributed by atoms with van der Waals surface area (Å²) >= 11 is 4.38. The molecule has 0 saturated carbocycles. The first-order valence-corrected chi connectivity index (χ1v) is 5.45. The average molecular weight is 239 g/mol. The molecule has 0 bridgehead atoms. The summed E-state index contributed by atoms with van der Waals surface area (Å²) in [4.78, 5) is 11.4. The maximum Gasteiger partial charge on any atom is 0.318 e. The molecule has 2 heterocycles. The molecule has 3 rings (SSSR count). The fraction of sp³-hybridized carbons (Fsp3) is 0.400. The van der Waals surface area contributed by atoms with Gasteiger partial charge in [0.1, 0.15) is 5.75 Å². The molecular formula is C10H9NO4S. The van der Waals surface area contributed by atoms with E-state index in [1.54, 1.807) is 0 Å². The SMILES string of the molecule is O=[N+]([O-])c1c2c(c(S)c3c1OCC3)OCC2. The van der Waals surface area contributed by atoms with Gasteiger partial charge in [0.2, 0.25) is 5.75 Å². The van der Waals surface area contributed by atoms with Crippen LogP contribution in [0.3, 0.4) is 0 Å². The van der Waals surface area contributed by atoms with Crippen LogP contribution in [0.4, 0.5) is 5.69 Å². The van der Waals surface area contributed by atoms with Gasteiger partial charge in [-0.1, -0.05) is 0 Å². The van der Waals surface area contributed by atoms with Gasteiger partial charge in [-0.2, -0.15) is 0 Å². The van der Waals surface area contributed by atoms with Crippen LogP contribution in [-0.2, 0) is 12.8 Å². The van der Waals surface area contributed by atoms with Crippen molar-refractivity contribution in [3.8, 4) is 11.5 Å². The maximum atomic E-state index is 11.1. The van der Waals surface area contributed by atoms with Crippen LogP contribution >= 0.6 is 12.6 Å². The van der Waals surface area contributed by atoms with Gasteiger partial charge < -0.3 is 9.47 Å². The predicted molar refractivity (Wildman–Crippen MR) is 58.7 cm³/mol. The third-order valence-electron chi connectivity index (χ3n) is 2.93. The van der Waals surface area contributed by atoms with Gasteiger partial charge in [-0.15, -0.1) is 12.6 Å². The number of benzene rings is 1. The van der Waals surface area contributed by atoms with Crippen molar-refractivity contribution in [2.75, 3.05) is 13.2 Å². The summed E-state index contributed by atoms with van der Waals surface area (Å²) in [5, 5.41) is 11.1. The van der Waals surface area contributed by atoms with Crippen molar-refractivity contribution in [1.29, 1.82) is 0 Å². The molecular weight excluding hydrogens is 230 g/mol. The molecule has 0 N–H and O–H groups in total. The van der Waals surface area contributed by atoms with Gasteiger partial charge in [0.15, 0.2) is 0 Å². The molecule has 16 heavy (non-hydrogen) atoms. The summed E-state index contributed by atoms with van der Waals surface area (Å²) < 4.78 is 10.8. The molecule has 0 amide bonds. The van der Waals surface area contributed by atoms with E-state index < -0.39 is 0 Å². The van der Waals surface area contributed by atoms with Crippen LogP contribution in [0, 0.1) is 10.1 Å². The number of thiol groups is 1. The first-order valence-electron chi connectivity index (χ1n) is 5.01. The normalized spacial score (nSPS) is 16.3. The van der Waals surface area contributed by atoms with Crippen LogP contribution in [0.25, 0.3) is 0 Å². The van der Waals surface area contributed by atoms with E-state index in [-0.39, 0.29) is 10.6 Å². The Balaban J connectivity index is 2.36. The Kier molecular flexibility index (Phi) is 2.00. The molecule has 6 heteroatoms. The molecule has 5 nitrogen and oxygen atoms in total. The molecule has 0 aliphatic carbocycles. The topological polar surface area (TPSA) is 61.6 Å². The number of hydrogen-bond acceptors (Lipinski definition) is 5. The predicted octanol–water partition coefficient (Wildman–Crippen LogP) is 1.75. The van der Waals surface area contributed by atoms with Gasteiger partial charge in [0.05, 0.1) is 28.6 Å².